The summed E-state index contributed by atoms with van der Waals surface area (Å²) in [5, 5.41) is 3.66. The molecule has 4 rings (SSSR count). The van der Waals surface area contributed by atoms with Crippen LogP contribution < -0.4 is 20.7 Å². The molecule has 0 radical (unpaired) electrons. The average Bonchev–Trinajstić information content (AvgIpc) is 2.79. The maximum absolute atomic E-state index is 5.62. The third-order valence-corrected chi connectivity index (χ3v) is 8.38. The molecule has 0 amide bonds. The molecule has 0 aliphatic rings. The van der Waals surface area contributed by atoms with Gasteiger partial charge in [0.25, 0.3) is 0 Å². The van der Waals surface area contributed by atoms with Gasteiger partial charge in [0.2, 0.25) is 0 Å². The Morgan fingerprint density at radius 3 is 1.36 bits per heavy atom. The lowest BCUT2D eigenvalue weighted by molar-refractivity contribution is 0.416. The summed E-state index contributed by atoms with van der Waals surface area (Å²) >= 11 is 0. The molecule has 0 saturated carbocycles. The molecule has 3 heteroatoms. The third-order valence-electron chi connectivity index (χ3n) is 4.73. The van der Waals surface area contributed by atoms with Gasteiger partial charge in [0, 0.05) is 15.9 Å². The smallest absolute Gasteiger partial charge is 0.144 e. The zero-order chi connectivity index (χ0) is 19.2. The van der Waals surface area contributed by atoms with Gasteiger partial charge in [-0.25, -0.2) is 4.74 Å². The van der Waals surface area contributed by atoms with Crippen molar-refractivity contribution in [3.63, 3.8) is 0 Å². The first-order chi connectivity index (χ1) is 13.8. The summed E-state index contributed by atoms with van der Waals surface area (Å²) < 4.78 is 11.1. The van der Waals surface area contributed by atoms with E-state index in [1.165, 1.54) is 15.9 Å². The van der Waals surface area contributed by atoms with E-state index in [0.29, 0.717) is 0 Å². The summed E-state index contributed by atoms with van der Waals surface area (Å²) in [5.74, 6) is 0.787. The number of hydrogen-bond acceptors (Lipinski definition) is 2. The normalized spacial score (nSPS) is 11.0. The minimum absolute atomic E-state index is 0.787. The van der Waals surface area contributed by atoms with Crippen molar-refractivity contribution in [3.05, 3.63) is 115 Å². The van der Waals surface area contributed by atoms with Crippen molar-refractivity contribution in [3.8, 4) is 5.75 Å². The van der Waals surface area contributed by atoms with Gasteiger partial charge in [-0.2, -0.15) is 0 Å². The second-order valence-electron chi connectivity index (χ2n) is 6.41. The Morgan fingerprint density at radius 2 is 0.929 bits per heavy atom. The van der Waals surface area contributed by atoms with Crippen molar-refractivity contribution < 1.29 is 4.74 Å². The summed E-state index contributed by atoms with van der Waals surface area (Å²) in [4.78, 5) is 0. The van der Waals surface area contributed by atoms with Crippen LogP contribution in [0.25, 0.3) is 0 Å². The van der Waals surface area contributed by atoms with Crippen LogP contribution in [-0.4, -0.2) is 7.11 Å². The van der Waals surface area contributed by atoms with Crippen molar-refractivity contribution >= 4 is 28.7 Å². The molecular formula is C25H22NOP. The van der Waals surface area contributed by atoms with Crippen molar-refractivity contribution in [2.24, 2.45) is 4.74 Å². The number of benzene rings is 4. The van der Waals surface area contributed by atoms with Gasteiger partial charge in [-0.15, -0.1) is 0 Å². The molecule has 0 unspecified atom stereocenters. The summed E-state index contributed by atoms with van der Waals surface area (Å²) in [6.07, 6.45) is 0. The van der Waals surface area contributed by atoms with Crippen LogP contribution >= 0.6 is 7.05 Å². The standard InChI is InChI=1S/C25H22NOP/c1-27-25-20-12-11-19-24(25)26-28(21-13-5-2-6-14-21,22-15-7-3-8-16-22)23-17-9-4-10-18-23/h2-20H,1H3. The average molecular weight is 383 g/mol. The topological polar surface area (TPSA) is 21.6 Å². The molecule has 28 heavy (non-hydrogen) atoms. The van der Waals surface area contributed by atoms with Crippen LogP contribution in [0.1, 0.15) is 0 Å². The highest BCUT2D eigenvalue weighted by Crippen LogP contribution is 2.50. The second kappa shape index (κ2) is 8.29. The van der Waals surface area contributed by atoms with Crippen molar-refractivity contribution in [2.75, 3.05) is 7.11 Å². The zero-order valence-corrected chi connectivity index (χ0v) is 16.7. The highest BCUT2D eigenvalue weighted by Gasteiger charge is 2.27. The number of ether oxygens (including phenoxy) is 1. The summed E-state index contributed by atoms with van der Waals surface area (Å²) in [6.45, 7) is 0. The molecule has 4 aromatic carbocycles. The van der Waals surface area contributed by atoms with Gasteiger partial charge in [0.1, 0.15) is 11.4 Å². The Balaban J connectivity index is 2.15. The predicted molar refractivity (Wildman–Crippen MR) is 120 cm³/mol. The first kappa shape index (κ1) is 18.3. The summed E-state index contributed by atoms with van der Waals surface area (Å²) in [5.41, 5.74) is 0.870. The number of hydrogen-bond donors (Lipinski definition) is 0. The van der Waals surface area contributed by atoms with Gasteiger partial charge in [-0.05, 0) is 12.1 Å². The highest BCUT2D eigenvalue weighted by atomic mass is 31.2. The molecule has 0 atom stereocenters. The van der Waals surface area contributed by atoms with E-state index in [4.69, 9.17) is 9.48 Å². The van der Waals surface area contributed by atoms with Crippen LogP contribution in [0.15, 0.2) is 120 Å². The van der Waals surface area contributed by atoms with Crippen molar-refractivity contribution in [1.82, 2.24) is 0 Å². The maximum Gasteiger partial charge on any atom is 0.144 e. The summed E-state index contributed by atoms with van der Waals surface area (Å²) in [7, 11) is -0.574. The van der Waals surface area contributed by atoms with Gasteiger partial charge in [-0.1, -0.05) is 103 Å². The van der Waals surface area contributed by atoms with E-state index in [1.54, 1.807) is 7.11 Å². The fourth-order valence-electron chi connectivity index (χ4n) is 3.43. The first-order valence-corrected chi connectivity index (χ1v) is 11.0. The Kier molecular flexibility index (Phi) is 5.41. The van der Waals surface area contributed by atoms with E-state index >= 15 is 0 Å². The molecule has 0 bridgehead atoms. The first-order valence-electron chi connectivity index (χ1n) is 9.27. The monoisotopic (exact) mass is 383 g/mol. The molecule has 0 fully saturated rings. The molecule has 0 saturated heterocycles. The Bertz CT molecular complexity index is 990. The molecule has 2 nitrogen and oxygen atoms in total. The lowest BCUT2D eigenvalue weighted by Gasteiger charge is -2.27. The van der Waals surface area contributed by atoms with E-state index in [2.05, 4.69) is 91.0 Å². The van der Waals surface area contributed by atoms with E-state index in [1.807, 2.05) is 24.3 Å². The molecule has 0 N–H and O–H groups in total. The van der Waals surface area contributed by atoms with Gasteiger partial charge in [-0.3, -0.25) is 0 Å². The SMILES string of the molecule is COc1ccccc1N=P(c1ccccc1)(c1ccccc1)c1ccccc1. The van der Waals surface area contributed by atoms with Gasteiger partial charge in [0.05, 0.1) is 14.2 Å². The molecule has 138 valence electrons. The lowest BCUT2D eigenvalue weighted by Crippen LogP contribution is -2.25. The second-order valence-corrected chi connectivity index (χ2v) is 9.43. The minimum atomic E-state index is -2.27. The number of para-hydroxylation sites is 1. The Hall–Kier alpha value is -3.09. The van der Waals surface area contributed by atoms with Gasteiger partial charge >= 0.3 is 0 Å². The van der Waals surface area contributed by atoms with Gasteiger partial charge in [0.15, 0.2) is 0 Å². The highest BCUT2D eigenvalue weighted by molar-refractivity contribution is 7.87. The quantitative estimate of drug-likeness (QED) is 0.417. The molecule has 0 aliphatic carbocycles. The number of nitrogens with zero attached hydrogens (tertiary/aromatic N) is 1. The molecule has 0 spiro atoms. The predicted octanol–water partition coefficient (Wildman–Crippen LogP) is 5.50. The molecular weight excluding hydrogens is 361 g/mol. The number of rotatable bonds is 5. The molecule has 4 aromatic rings. The fraction of sp³-hybridized carbons (Fsp3) is 0.0400. The van der Waals surface area contributed by atoms with Crippen LogP contribution in [0, 0.1) is 0 Å². The van der Waals surface area contributed by atoms with Crippen molar-refractivity contribution in [2.45, 2.75) is 0 Å². The van der Waals surface area contributed by atoms with Crippen LogP contribution in [0.2, 0.25) is 0 Å². The minimum Gasteiger partial charge on any atom is -0.494 e. The maximum atomic E-state index is 5.62. The molecule has 0 heterocycles. The van der Waals surface area contributed by atoms with E-state index in [9.17, 15) is 0 Å². The number of methoxy groups -OCH3 is 1. The largest absolute Gasteiger partial charge is 0.494 e. The van der Waals surface area contributed by atoms with E-state index in [-0.39, 0.29) is 0 Å². The summed E-state index contributed by atoms with van der Waals surface area (Å²) in [6, 6.07) is 39.8. The van der Waals surface area contributed by atoms with E-state index < -0.39 is 7.05 Å². The van der Waals surface area contributed by atoms with Crippen LogP contribution in [-0.2, 0) is 0 Å². The Labute approximate surface area is 166 Å². The third kappa shape index (κ3) is 3.40. The van der Waals surface area contributed by atoms with Crippen molar-refractivity contribution in [1.29, 1.82) is 0 Å². The van der Waals surface area contributed by atoms with E-state index in [0.717, 1.165) is 11.4 Å². The van der Waals surface area contributed by atoms with Gasteiger partial charge < -0.3 is 4.74 Å². The van der Waals surface area contributed by atoms with Crippen LogP contribution in [0.4, 0.5) is 5.69 Å². The molecule has 0 aromatic heterocycles. The van der Waals surface area contributed by atoms with Crippen LogP contribution in [0.5, 0.6) is 5.75 Å². The fourth-order valence-corrected chi connectivity index (χ4v) is 6.97. The lowest BCUT2D eigenvalue weighted by atomic mass is 10.3. The zero-order valence-electron chi connectivity index (χ0n) is 15.8. The Morgan fingerprint density at radius 1 is 0.536 bits per heavy atom. The molecule has 0 aliphatic heterocycles. The van der Waals surface area contributed by atoms with Crippen LogP contribution in [0.3, 0.4) is 0 Å².